The summed E-state index contributed by atoms with van der Waals surface area (Å²) < 4.78 is 67.9. The van der Waals surface area contributed by atoms with Gasteiger partial charge in [0.25, 0.3) is 5.91 Å². The van der Waals surface area contributed by atoms with Crippen molar-refractivity contribution in [2.75, 3.05) is 33.8 Å². The minimum Gasteiger partial charge on any atom is -0.465 e. The SMILES string of the molecule is CCOC(=O)[C@H](CC(C)(C)F)N[C@@H](c1ccc2c(c1)oc1ccc(C(=O)N3CC[C@@H](N(C)C)C3)cc12)C(F)(F)F. The van der Waals surface area contributed by atoms with Gasteiger partial charge in [0.15, 0.2) is 0 Å². The van der Waals surface area contributed by atoms with E-state index in [0.29, 0.717) is 35.0 Å². The van der Waals surface area contributed by atoms with Gasteiger partial charge in [0.1, 0.15) is 28.9 Å². The van der Waals surface area contributed by atoms with Crippen LogP contribution in [-0.4, -0.2) is 79.4 Å². The molecular formula is C29H35F4N3O4. The Hall–Kier alpha value is -3.18. The second-order valence-electron chi connectivity index (χ2n) is 11.1. The van der Waals surface area contributed by atoms with Crippen molar-refractivity contribution in [2.24, 2.45) is 0 Å². The highest BCUT2D eigenvalue weighted by molar-refractivity contribution is 6.08. The normalized spacial score (nSPS) is 18.1. The number of likely N-dealkylation sites (tertiary alicyclic amines) is 1. The summed E-state index contributed by atoms with van der Waals surface area (Å²) in [6, 6.07) is 5.53. The Bertz CT molecular complexity index is 1380. The van der Waals surface area contributed by atoms with E-state index in [2.05, 4.69) is 10.2 Å². The zero-order valence-corrected chi connectivity index (χ0v) is 23.3. The number of fused-ring (bicyclic) bond motifs is 3. The largest absolute Gasteiger partial charge is 0.465 e. The van der Waals surface area contributed by atoms with Crippen molar-refractivity contribution in [3.05, 3.63) is 47.5 Å². The first-order valence-corrected chi connectivity index (χ1v) is 13.3. The van der Waals surface area contributed by atoms with Crippen LogP contribution in [0.3, 0.4) is 0 Å². The fraction of sp³-hybridized carbons (Fsp3) is 0.517. The summed E-state index contributed by atoms with van der Waals surface area (Å²) in [4.78, 5) is 29.4. The first kappa shape index (κ1) is 29.8. The van der Waals surface area contributed by atoms with Gasteiger partial charge < -0.3 is 19.0 Å². The van der Waals surface area contributed by atoms with Gasteiger partial charge in [-0.25, -0.2) is 4.39 Å². The molecule has 3 aromatic rings. The van der Waals surface area contributed by atoms with Crippen molar-refractivity contribution in [3.8, 4) is 0 Å². The second-order valence-corrected chi connectivity index (χ2v) is 11.1. The Kier molecular flexibility index (Phi) is 8.46. The third-order valence-corrected chi connectivity index (χ3v) is 7.21. The van der Waals surface area contributed by atoms with E-state index in [1.54, 1.807) is 23.1 Å². The van der Waals surface area contributed by atoms with E-state index in [9.17, 15) is 27.2 Å². The molecule has 0 saturated carbocycles. The van der Waals surface area contributed by atoms with Crippen LogP contribution in [0.2, 0.25) is 0 Å². The maximum atomic E-state index is 14.4. The van der Waals surface area contributed by atoms with Crippen LogP contribution < -0.4 is 5.32 Å². The van der Waals surface area contributed by atoms with Crippen LogP contribution in [0.5, 0.6) is 0 Å². The molecule has 1 saturated heterocycles. The summed E-state index contributed by atoms with van der Waals surface area (Å²) in [5.74, 6) is -1.07. The van der Waals surface area contributed by atoms with Gasteiger partial charge in [-0.3, -0.25) is 14.9 Å². The third kappa shape index (κ3) is 6.58. The summed E-state index contributed by atoms with van der Waals surface area (Å²) in [6.07, 6.45) is -4.42. The van der Waals surface area contributed by atoms with Gasteiger partial charge >= 0.3 is 12.1 Å². The first-order chi connectivity index (χ1) is 18.7. The standard InChI is InChI=1S/C29H35F4N3O4/c1-6-39-27(38)22(15-28(2,3)30)34-25(29(31,32)33)17-7-9-20-21-13-18(8-10-23(21)40-24(20)14-17)26(37)36-12-11-19(16-36)35(4)5/h7-10,13-14,19,22,25,34H,6,11-12,15-16H2,1-5H3/t19-,22+,25+/m1/s1. The van der Waals surface area contributed by atoms with Gasteiger partial charge in [-0.2, -0.15) is 13.2 Å². The van der Waals surface area contributed by atoms with Crippen LogP contribution in [0, 0.1) is 0 Å². The predicted molar refractivity (Wildman–Crippen MR) is 144 cm³/mol. The highest BCUT2D eigenvalue weighted by Crippen LogP contribution is 2.38. The average Bonchev–Trinajstić information content (AvgIpc) is 3.49. The molecule has 1 aliphatic rings. The molecule has 0 bridgehead atoms. The highest BCUT2D eigenvalue weighted by Gasteiger charge is 2.44. The zero-order chi connectivity index (χ0) is 29.4. The number of hydrogen-bond acceptors (Lipinski definition) is 6. The number of carbonyl (C=O) groups is 2. The molecule has 2 aromatic carbocycles. The minimum atomic E-state index is -4.80. The molecule has 1 amide bonds. The van der Waals surface area contributed by atoms with Crippen LogP contribution >= 0.6 is 0 Å². The van der Waals surface area contributed by atoms with Crippen molar-refractivity contribution in [1.29, 1.82) is 0 Å². The molecule has 4 rings (SSSR count). The van der Waals surface area contributed by atoms with Crippen LogP contribution in [-0.2, 0) is 9.53 Å². The van der Waals surface area contributed by atoms with Crippen LogP contribution in [0.15, 0.2) is 40.8 Å². The van der Waals surface area contributed by atoms with E-state index in [4.69, 9.17) is 9.15 Å². The molecule has 0 aliphatic carbocycles. The zero-order valence-electron chi connectivity index (χ0n) is 23.3. The molecule has 40 heavy (non-hydrogen) atoms. The van der Waals surface area contributed by atoms with E-state index in [1.165, 1.54) is 39.0 Å². The molecule has 0 spiro atoms. The smallest absolute Gasteiger partial charge is 0.407 e. The monoisotopic (exact) mass is 565 g/mol. The Morgan fingerprint density at radius 3 is 2.42 bits per heavy atom. The number of halogens is 4. The van der Waals surface area contributed by atoms with Crippen molar-refractivity contribution in [2.45, 2.75) is 63.6 Å². The number of furan rings is 1. The molecule has 7 nitrogen and oxygen atoms in total. The van der Waals surface area contributed by atoms with Crippen molar-refractivity contribution in [3.63, 3.8) is 0 Å². The lowest BCUT2D eigenvalue weighted by Crippen LogP contribution is -2.47. The van der Waals surface area contributed by atoms with Crippen LogP contribution in [0.25, 0.3) is 21.9 Å². The van der Waals surface area contributed by atoms with Crippen LogP contribution in [0.1, 0.15) is 55.6 Å². The third-order valence-electron chi connectivity index (χ3n) is 7.21. The van der Waals surface area contributed by atoms with Gasteiger partial charge in [-0.05, 0) is 71.1 Å². The molecule has 0 unspecified atom stereocenters. The van der Waals surface area contributed by atoms with Crippen molar-refractivity contribution >= 4 is 33.8 Å². The number of hydrogen-bond donors (Lipinski definition) is 1. The van der Waals surface area contributed by atoms with Crippen LogP contribution in [0.4, 0.5) is 17.6 Å². The van der Waals surface area contributed by atoms with Gasteiger partial charge in [-0.1, -0.05) is 12.1 Å². The van der Waals surface area contributed by atoms with E-state index in [-0.39, 0.29) is 29.7 Å². The van der Waals surface area contributed by atoms with E-state index < -0.39 is 36.3 Å². The van der Waals surface area contributed by atoms with E-state index >= 15 is 0 Å². The van der Waals surface area contributed by atoms with Gasteiger partial charge in [-0.15, -0.1) is 0 Å². The fourth-order valence-electron chi connectivity index (χ4n) is 5.16. The van der Waals surface area contributed by atoms with Crippen molar-refractivity contribution < 1.29 is 36.3 Å². The van der Waals surface area contributed by atoms with Gasteiger partial charge in [0.05, 0.1) is 6.61 Å². The molecule has 3 atom stereocenters. The first-order valence-electron chi connectivity index (χ1n) is 13.3. The molecule has 11 heteroatoms. The fourth-order valence-corrected chi connectivity index (χ4v) is 5.16. The quantitative estimate of drug-likeness (QED) is 0.268. The Morgan fingerprint density at radius 1 is 1.10 bits per heavy atom. The molecule has 2 heterocycles. The number of amides is 1. The number of nitrogens with one attached hydrogen (secondary N) is 1. The number of esters is 1. The number of likely N-dealkylation sites (N-methyl/N-ethyl adjacent to an activating group) is 1. The maximum absolute atomic E-state index is 14.4. The molecule has 0 radical (unpaired) electrons. The average molecular weight is 566 g/mol. The number of rotatable bonds is 9. The van der Waals surface area contributed by atoms with Gasteiger partial charge in [0.2, 0.25) is 0 Å². The van der Waals surface area contributed by atoms with Crippen molar-refractivity contribution in [1.82, 2.24) is 15.1 Å². The number of carbonyl (C=O) groups excluding carboxylic acids is 2. The summed E-state index contributed by atoms with van der Waals surface area (Å²) in [5, 5.41) is 3.44. The lowest BCUT2D eigenvalue weighted by Gasteiger charge is -2.29. The molecular weight excluding hydrogens is 530 g/mol. The lowest BCUT2D eigenvalue weighted by molar-refractivity contribution is -0.165. The molecule has 1 aliphatic heterocycles. The summed E-state index contributed by atoms with van der Waals surface area (Å²) >= 11 is 0. The van der Waals surface area contributed by atoms with E-state index in [0.717, 1.165) is 6.42 Å². The molecule has 218 valence electrons. The number of alkyl halides is 4. The number of ether oxygens (including phenoxy) is 1. The Morgan fingerprint density at radius 2 is 1.82 bits per heavy atom. The van der Waals surface area contributed by atoms with Gasteiger partial charge in [0, 0.05) is 41.9 Å². The predicted octanol–water partition coefficient (Wildman–Crippen LogP) is 5.63. The molecule has 1 fully saturated rings. The minimum absolute atomic E-state index is 0.0517. The molecule has 1 aromatic heterocycles. The molecule has 1 N–H and O–H groups in total. The number of nitrogens with zero attached hydrogens (tertiary/aromatic N) is 2. The summed E-state index contributed by atoms with van der Waals surface area (Å²) in [6.45, 7) is 5.12. The number of benzene rings is 2. The Balaban J connectivity index is 1.65. The Labute approximate surface area is 230 Å². The maximum Gasteiger partial charge on any atom is 0.407 e. The summed E-state index contributed by atoms with van der Waals surface area (Å²) in [5.41, 5.74) is -1.02. The lowest BCUT2D eigenvalue weighted by atomic mass is 9.97. The summed E-state index contributed by atoms with van der Waals surface area (Å²) in [7, 11) is 3.96. The van der Waals surface area contributed by atoms with E-state index in [1.807, 2.05) is 14.1 Å². The highest BCUT2D eigenvalue weighted by atomic mass is 19.4. The topological polar surface area (TPSA) is 75.0 Å². The second kappa shape index (κ2) is 11.4.